The minimum absolute atomic E-state index is 0.0194. The van der Waals surface area contributed by atoms with Crippen molar-refractivity contribution < 1.29 is 14.3 Å². The third-order valence-corrected chi connectivity index (χ3v) is 8.10. The summed E-state index contributed by atoms with van der Waals surface area (Å²) in [5.41, 5.74) is 5.12. The van der Waals surface area contributed by atoms with Crippen molar-refractivity contribution in [3.05, 3.63) is 77.7 Å². The van der Waals surface area contributed by atoms with Gasteiger partial charge in [0.25, 0.3) is 5.91 Å². The third-order valence-electron chi connectivity index (χ3n) is 8.10. The van der Waals surface area contributed by atoms with Gasteiger partial charge in [-0.1, -0.05) is 42.5 Å². The lowest BCUT2D eigenvalue weighted by Gasteiger charge is -2.39. The van der Waals surface area contributed by atoms with Gasteiger partial charge >= 0.3 is 5.97 Å². The van der Waals surface area contributed by atoms with Crippen molar-refractivity contribution in [1.82, 2.24) is 14.9 Å². The Bertz CT molecular complexity index is 1290. The molecule has 7 heteroatoms. The molecule has 0 aliphatic carbocycles. The smallest absolute Gasteiger partial charge is 0.309 e. The zero-order valence-electron chi connectivity index (χ0n) is 21.2. The van der Waals surface area contributed by atoms with Crippen LogP contribution in [0.4, 0.5) is 5.82 Å². The van der Waals surface area contributed by atoms with E-state index < -0.39 is 0 Å². The van der Waals surface area contributed by atoms with E-state index in [-0.39, 0.29) is 29.9 Å². The fourth-order valence-electron chi connectivity index (χ4n) is 6.25. The highest BCUT2D eigenvalue weighted by molar-refractivity contribution is 5.95. The molecule has 3 aromatic rings. The van der Waals surface area contributed by atoms with Gasteiger partial charge in [0.05, 0.1) is 24.3 Å². The van der Waals surface area contributed by atoms with Gasteiger partial charge < -0.3 is 14.5 Å². The Morgan fingerprint density at radius 2 is 1.65 bits per heavy atom. The van der Waals surface area contributed by atoms with Gasteiger partial charge in [-0.2, -0.15) is 0 Å². The second kappa shape index (κ2) is 9.96. The summed E-state index contributed by atoms with van der Waals surface area (Å²) in [5, 5.41) is 0. The van der Waals surface area contributed by atoms with Crippen molar-refractivity contribution in [2.45, 2.75) is 51.1 Å². The Labute approximate surface area is 217 Å². The number of amides is 1. The molecule has 1 amide bonds. The number of hydrogen-bond donors (Lipinski definition) is 0. The number of aromatic nitrogens is 2. The fraction of sp³-hybridized carbons (Fsp3) is 0.400. The quantitative estimate of drug-likeness (QED) is 0.471. The van der Waals surface area contributed by atoms with E-state index in [1.807, 2.05) is 49.4 Å². The van der Waals surface area contributed by atoms with E-state index in [4.69, 9.17) is 9.72 Å². The molecule has 37 heavy (non-hydrogen) atoms. The van der Waals surface area contributed by atoms with Crippen molar-refractivity contribution in [3.63, 3.8) is 0 Å². The molecule has 2 saturated heterocycles. The topological polar surface area (TPSA) is 75.6 Å². The maximum Gasteiger partial charge on any atom is 0.309 e. The molecule has 2 aromatic carbocycles. The van der Waals surface area contributed by atoms with Crippen molar-refractivity contribution in [2.75, 3.05) is 24.6 Å². The molecule has 7 nitrogen and oxygen atoms in total. The van der Waals surface area contributed by atoms with Crippen molar-refractivity contribution in [2.24, 2.45) is 5.92 Å². The van der Waals surface area contributed by atoms with Crippen molar-refractivity contribution in [1.29, 1.82) is 0 Å². The van der Waals surface area contributed by atoms with E-state index in [0.29, 0.717) is 12.2 Å². The number of nitrogens with zero attached hydrogens (tertiary/aromatic N) is 4. The van der Waals surface area contributed by atoms with E-state index in [2.05, 4.69) is 26.9 Å². The van der Waals surface area contributed by atoms with Crippen LogP contribution in [0.3, 0.4) is 0 Å². The zero-order chi connectivity index (χ0) is 25.4. The standard InChI is InChI=1S/C30H32N4O3/c1-2-37-30(36)23-14-16-33(17-15-23)28-27-25(31-19-32-28)18-24-12-13-26(27)34(24)29(35)22-10-8-21(9-11-22)20-6-4-3-5-7-20/h3-11,19,23-24,26H,2,12-18H2,1H3. The van der Waals surface area contributed by atoms with Crippen LogP contribution in [0.25, 0.3) is 11.1 Å². The fourth-order valence-corrected chi connectivity index (χ4v) is 6.25. The molecule has 2 bridgehead atoms. The Balaban J connectivity index is 1.24. The van der Waals surface area contributed by atoms with Crippen LogP contribution in [0.15, 0.2) is 60.9 Å². The number of carbonyl (C=O) groups is 2. The van der Waals surface area contributed by atoms with E-state index >= 15 is 0 Å². The summed E-state index contributed by atoms with van der Waals surface area (Å²) >= 11 is 0. The predicted octanol–water partition coefficient (Wildman–Crippen LogP) is 4.83. The molecular weight excluding hydrogens is 464 g/mol. The van der Waals surface area contributed by atoms with E-state index in [1.54, 1.807) is 6.33 Å². The first-order valence-electron chi connectivity index (χ1n) is 13.4. The minimum atomic E-state index is -0.0967. The predicted molar refractivity (Wildman–Crippen MR) is 141 cm³/mol. The molecular formula is C30H32N4O3. The first-order chi connectivity index (χ1) is 18.1. The maximum absolute atomic E-state index is 13.8. The highest BCUT2D eigenvalue weighted by Crippen LogP contribution is 2.47. The van der Waals surface area contributed by atoms with Crippen LogP contribution in [0, 0.1) is 5.92 Å². The van der Waals surface area contributed by atoms with Gasteiger partial charge in [-0.15, -0.1) is 0 Å². The first-order valence-corrected chi connectivity index (χ1v) is 13.4. The Hall–Kier alpha value is -3.74. The molecule has 3 aliphatic rings. The average Bonchev–Trinajstić information content (AvgIpc) is 3.26. The molecule has 0 spiro atoms. The Kier molecular flexibility index (Phi) is 6.37. The highest BCUT2D eigenvalue weighted by atomic mass is 16.5. The van der Waals surface area contributed by atoms with Gasteiger partial charge in [0.1, 0.15) is 12.1 Å². The number of piperidine rings is 1. The van der Waals surface area contributed by atoms with E-state index in [1.165, 1.54) is 0 Å². The molecule has 2 unspecified atom stereocenters. The normalized spacial score (nSPS) is 21.0. The molecule has 2 fully saturated rings. The summed E-state index contributed by atoms with van der Waals surface area (Å²) in [6.45, 7) is 3.76. The van der Waals surface area contributed by atoms with Crippen LogP contribution in [0.5, 0.6) is 0 Å². The summed E-state index contributed by atoms with van der Waals surface area (Å²) < 4.78 is 5.24. The summed E-state index contributed by atoms with van der Waals surface area (Å²) in [5.74, 6) is 0.852. The lowest BCUT2D eigenvalue weighted by molar-refractivity contribution is -0.148. The average molecular weight is 497 g/mol. The molecule has 4 heterocycles. The van der Waals surface area contributed by atoms with Crippen molar-refractivity contribution in [3.8, 4) is 11.1 Å². The first kappa shape index (κ1) is 23.6. The number of ether oxygens (including phenoxy) is 1. The second-order valence-electron chi connectivity index (χ2n) is 10.2. The lowest BCUT2D eigenvalue weighted by Crippen LogP contribution is -2.44. The van der Waals surface area contributed by atoms with Crippen molar-refractivity contribution >= 4 is 17.7 Å². The number of benzene rings is 2. The largest absolute Gasteiger partial charge is 0.466 e. The van der Waals surface area contributed by atoms with E-state index in [9.17, 15) is 9.59 Å². The van der Waals surface area contributed by atoms with E-state index in [0.717, 1.165) is 73.4 Å². The van der Waals surface area contributed by atoms with Gasteiger partial charge in [-0.3, -0.25) is 9.59 Å². The number of rotatable bonds is 5. The second-order valence-corrected chi connectivity index (χ2v) is 10.2. The minimum Gasteiger partial charge on any atom is -0.466 e. The van der Waals surface area contributed by atoms with Crippen LogP contribution in [0.2, 0.25) is 0 Å². The molecule has 0 N–H and O–H groups in total. The molecule has 190 valence electrons. The number of anilines is 1. The zero-order valence-corrected chi connectivity index (χ0v) is 21.2. The molecule has 0 radical (unpaired) electrons. The summed E-state index contributed by atoms with van der Waals surface area (Å²) in [6, 6.07) is 18.3. The van der Waals surface area contributed by atoms with Gasteiger partial charge in [0, 0.05) is 36.7 Å². The number of esters is 1. The SMILES string of the molecule is CCOC(=O)C1CCN(c2ncnc3c2C2CCC(C3)N2C(=O)c2ccc(-c3ccccc3)cc2)CC1. The van der Waals surface area contributed by atoms with Gasteiger partial charge in [0.15, 0.2) is 0 Å². The number of hydrogen-bond acceptors (Lipinski definition) is 6. The monoisotopic (exact) mass is 496 g/mol. The Morgan fingerprint density at radius 3 is 2.38 bits per heavy atom. The van der Waals surface area contributed by atoms with Crippen LogP contribution < -0.4 is 4.90 Å². The molecule has 6 rings (SSSR count). The van der Waals surface area contributed by atoms with Crippen LogP contribution in [-0.4, -0.2) is 52.5 Å². The van der Waals surface area contributed by atoms with Gasteiger partial charge in [-0.25, -0.2) is 9.97 Å². The van der Waals surface area contributed by atoms with Crippen LogP contribution in [-0.2, 0) is 16.0 Å². The maximum atomic E-state index is 13.8. The molecule has 3 aliphatic heterocycles. The summed E-state index contributed by atoms with van der Waals surface area (Å²) in [6.07, 6.45) is 5.81. The third kappa shape index (κ3) is 4.37. The number of carbonyl (C=O) groups excluding carboxylic acids is 2. The van der Waals surface area contributed by atoms with Crippen LogP contribution in [0.1, 0.15) is 60.3 Å². The van der Waals surface area contributed by atoms with Gasteiger partial charge in [0.2, 0.25) is 0 Å². The summed E-state index contributed by atoms with van der Waals surface area (Å²) in [7, 11) is 0. The highest BCUT2D eigenvalue weighted by Gasteiger charge is 2.45. The molecule has 1 aromatic heterocycles. The lowest BCUT2D eigenvalue weighted by atomic mass is 9.93. The number of fused-ring (bicyclic) bond motifs is 4. The molecule has 2 atom stereocenters. The molecule has 0 saturated carbocycles. The Morgan fingerprint density at radius 1 is 0.919 bits per heavy atom. The summed E-state index contributed by atoms with van der Waals surface area (Å²) in [4.78, 5) is 39.7. The van der Waals surface area contributed by atoms with Gasteiger partial charge in [-0.05, 0) is 55.9 Å². The van der Waals surface area contributed by atoms with Crippen LogP contribution >= 0.6 is 0 Å².